The molecule has 0 aromatic carbocycles. The number of halogens is 6. The van der Waals surface area contributed by atoms with Crippen LogP contribution in [0.4, 0.5) is 26.3 Å². The van der Waals surface area contributed by atoms with Crippen molar-refractivity contribution in [3.63, 3.8) is 0 Å². The van der Waals surface area contributed by atoms with Gasteiger partial charge in [0.2, 0.25) is 0 Å². The summed E-state index contributed by atoms with van der Waals surface area (Å²) in [4.78, 5) is 19.6. The first-order valence-corrected chi connectivity index (χ1v) is 4.47. The van der Waals surface area contributed by atoms with Crippen molar-refractivity contribution in [2.75, 3.05) is 0 Å². The van der Waals surface area contributed by atoms with Crippen LogP contribution in [0.5, 0.6) is 0 Å². The van der Waals surface area contributed by atoms with E-state index in [1.54, 1.807) is 0 Å². The number of hydrogen-bond acceptors (Lipinski definition) is 3. The van der Waals surface area contributed by atoms with Crippen molar-refractivity contribution in [2.24, 2.45) is 0 Å². The number of carbonyl (C=O) groups excluding carboxylic acids is 2. The first-order chi connectivity index (χ1) is 7.65. The van der Waals surface area contributed by atoms with Crippen LogP contribution in [0.15, 0.2) is 0 Å². The molecule has 0 rings (SSSR count). The largest absolute Gasteiger partial charge is 0.426 e. The average molecular weight is 282 g/mol. The molecule has 18 heavy (non-hydrogen) atoms. The molecule has 1 N–H and O–H groups in total. The fourth-order valence-electron chi connectivity index (χ4n) is 0.721. The normalized spacial score (nSPS) is 12.6. The molecule has 0 unspecified atom stereocenters. The van der Waals surface area contributed by atoms with E-state index < -0.39 is 30.2 Å². The second-order valence-corrected chi connectivity index (χ2v) is 3.64. The van der Waals surface area contributed by atoms with E-state index in [1.165, 1.54) is 13.8 Å². The van der Waals surface area contributed by atoms with E-state index in [1.807, 2.05) is 0 Å². The molecule has 0 aliphatic carbocycles. The van der Waals surface area contributed by atoms with Gasteiger partial charge in [0.15, 0.2) is 0 Å². The van der Waals surface area contributed by atoms with Crippen LogP contribution in [0, 0.1) is 0 Å². The molecular formula is C9H12F6O3. The number of ketones is 2. The van der Waals surface area contributed by atoms with Crippen molar-refractivity contribution < 1.29 is 41.0 Å². The van der Waals surface area contributed by atoms with E-state index in [-0.39, 0.29) is 5.78 Å². The van der Waals surface area contributed by atoms with Gasteiger partial charge in [-0.2, -0.15) is 26.3 Å². The monoisotopic (exact) mass is 282 g/mol. The van der Waals surface area contributed by atoms with E-state index in [4.69, 9.17) is 5.11 Å². The van der Waals surface area contributed by atoms with Gasteiger partial charge in [-0.25, -0.2) is 0 Å². The van der Waals surface area contributed by atoms with Crippen LogP contribution >= 0.6 is 0 Å². The van der Waals surface area contributed by atoms with Gasteiger partial charge in [0, 0.05) is 0 Å². The number of alkyl halides is 6. The molecule has 0 amide bonds. The molecule has 0 spiro atoms. The average Bonchev–Trinajstić information content (AvgIpc) is 1.96. The van der Waals surface area contributed by atoms with Crippen LogP contribution in [0.1, 0.15) is 27.2 Å². The lowest BCUT2D eigenvalue weighted by atomic mass is 9.96. The molecule has 0 aromatic heterocycles. The number of carbonyl (C=O) groups is 2. The third kappa shape index (κ3) is 5.99. The van der Waals surface area contributed by atoms with Crippen molar-refractivity contribution in [2.45, 2.75) is 45.1 Å². The van der Waals surface area contributed by atoms with Gasteiger partial charge >= 0.3 is 12.4 Å². The van der Waals surface area contributed by atoms with Crippen molar-refractivity contribution in [1.82, 2.24) is 0 Å². The van der Waals surface area contributed by atoms with E-state index in [2.05, 4.69) is 0 Å². The molecule has 0 atom stereocenters. The molecule has 0 heterocycles. The maximum atomic E-state index is 11.8. The van der Waals surface area contributed by atoms with Gasteiger partial charge in [0.25, 0.3) is 5.60 Å². The maximum Gasteiger partial charge on any atom is 0.426 e. The molecule has 108 valence electrons. The van der Waals surface area contributed by atoms with E-state index in [0.717, 1.165) is 0 Å². The molecular weight excluding hydrogens is 270 g/mol. The molecule has 0 aromatic rings. The minimum absolute atomic E-state index is 0.167. The summed E-state index contributed by atoms with van der Waals surface area (Å²) in [6, 6.07) is 0. The summed E-state index contributed by atoms with van der Waals surface area (Å²) in [5.41, 5.74) is -4.95. The Morgan fingerprint density at radius 2 is 1.11 bits per heavy atom. The first kappa shape index (κ1) is 19.2. The zero-order valence-electron chi connectivity index (χ0n) is 9.74. The summed E-state index contributed by atoms with van der Waals surface area (Å²) in [5.74, 6) is -1.23. The maximum absolute atomic E-state index is 11.8. The Morgan fingerprint density at radius 3 is 1.17 bits per heavy atom. The van der Waals surface area contributed by atoms with Crippen molar-refractivity contribution in [3.05, 3.63) is 0 Å². The minimum atomic E-state index is -5.92. The highest BCUT2D eigenvalue weighted by atomic mass is 19.4. The number of aliphatic hydroxyl groups is 1. The highest BCUT2D eigenvalue weighted by Crippen LogP contribution is 2.45. The lowest BCUT2D eigenvalue weighted by molar-refractivity contribution is -0.366. The van der Waals surface area contributed by atoms with Crippen LogP contribution in [0.2, 0.25) is 0 Å². The fraction of sp³-hybridized carbons (Fsp3) is 0.778. The summed E-state index contributed by atoms with van der Waals surface area (Å²) in [5, 5.41) is 8.38. The Hall–Kier alpha value is -1.12. The van der Waals surface area contributed by atoms with Gasteiger partial charge in [-0.15, -0.1) is 0 Å². The highest BCUT2D eigenvalue weighted by Gasteiger charge is 2.70. The van der Waals surface area contributed by atoms with Crippen LogP contribution in [-0.2, 0) is 9.59 Å². The molecule has 0 fully saturated rings. The minimum Gasteiger partial charge on any atom is -0.373 e. The molecule has 0 bridgehead atoms. The van der Waals surface area contributed by atoms with Gasteiger partial charge in [-0.05, 0) is 20.8 Å². The predicted molar refractivity (Wildman–Crippen MR) is 48.7 cm³/mol. The Balaban J connectivity index is 0. The predicted octanol–water partition coefficient (Wildman–Crippen LogP) is 2.42. The Labute approximate surface area is 98.8 Å². The summed E-state index contributed by atoms with van der Waals surface area (Å²) in [6.07, 6.45) is -13.9. The van der Waals surface area contributed by atoms with Gasteiger partial charge in [-0.1, -0.05) is 0 Å². The Morgan fingerprint density at radius 1 is 0.889 bits per heavy atom. The zero-order valence-corrected chi connectivity index (χ0v) is 9.74. The second kappa shape index (κ2) is 6.17. The number of rotatable bonds is 2. The SMILES string of the molecule is CC(=O)CC(O)(C(F)(F)F)C(F)(F)F.CC(C)=O. The summed E-state index contributed by atoms with van der Waals surface area (Å²) in [6.45, 7) is 3.59. The molecule has 3 nitrogen and oxygen atoms in total. The smallest absolute Gasteiger partial charge is 0.373 e. The lowest BCUT2D eigenvalue weighted by Gasteiger charge is -2.31. The van der Waals surface area contributed by atoms with Crippen LogP contribution in [0.3, 0.4) is 0 Å². The summed E-state index contributed by atoms with van der Waals surface area (Å²) in [7, 11) is 0. The highest BCUT2D eigenvalue weighted by molar-refractivity contribution is 5.76. The van der Waals surface area contributed by atoms with E-state index in [9.17, 15) is 35.9 Å². The summed E-state index contributed by atoms with van der Waals surface area (Å²) < 4.78 is 71.0. The van der Waals surface area contributed by atoms with Crippen molar-refractivity contribution in [1.29, 1.82) is 0 Å². The van der Waals surface area contributed by atoms with Crippen LogP contribution in [-0.4, -0.2) is 34.6 Å². The van der Waals surface area contributed by atoms with E-state index in [0.29, 0.717) is 6.92 Å². The first-order valence-electron chi connectivity index (χ1n) is 4.47. The van der Waals surface area contributed by atoms with Crippen LogP contribution in [0.25, 0.3) is 0 Å². The van der Waals surface area contributed by atoms with Crippen molar-refractivity contribution >= 4 is 11.6 Å². The van der Waals surface area contributed by atoms with E-state index >= 15 is 0 Å². The fourth-order valence-corrected chi connectivity index (χ4v) is 0.721. The zero-order chi connectivity index (χ0) is 15.4. The third-order valence-corrected chi connectivity index (χ3v) is 1.44. The molecule has 0 aliphatic rings. The quantitative estimate of drug-likeness (QED) is 0.791. The standard InChI is InChI=1S/C6H6F6O2.C3H6O/c1-3(13)2-4(14,5(7,8)9)6(10,11)12;1-3(2)4/h14H,2H2,1H3;1-2H3. The lowest BCUT2D eigenvalue weighted by Crippen LogP contribution is -2.57. The second-order valence-electron chi connectivity index (χ2n) is 3.64. The Kier molecular flexibility index (Phi) is 6.59. The molecule has 9 heteroatoms. The molecule has 0 saturated heterocycles. The van der Waals surface area contributed by atoms with Gasteiger partial charge in [0.05, 0.1) is 6.42 Å². The van der Waals surface area contributed by atoms with Gasteiger partial charge in [0.1, 0.15) is 11.6 Å². The van der Waals surface area contributed by atoms with Crippen LogP contribution < -0.4 is 0 Å². The number of Topliss-reactive ketones (excluding diaryl/α,β-unsaturated/α-hetero) is 2. The Bertz CT molecular complexity index is 286. The third-order valence-electron chi connectivity index (χ3n) is 1.44. The molecule has 0 aliphatic heterocycles. The van der Waals surface area contributed by atoms with Crippen molar-refractivity contribution in [3.8, 4) is 0 Å². The van der Waals surface area contributed by atoms with Gasteiger partial charge in [-0.3, -0.25) is 4.79 Å². The molecule has 0 radical (unpaired) electrons. The summed E-state index contributed by atoms with van der Waals surface area (Å²) >= 11 is 0. The topological polar surface area (TPSA) is 54.4 Å². The number of hydrogen-bond donors (Lipinski definition) is 1. The molecule has 0 saturated carbocycles. The van der Waals surface area contributed by atoms with Gasteiger partial charge < -0.3 is 9.90 Å².